The van der Waals surface area contributed by atoms with Gasteiger partial charge in [0.05, 0.1) is 23.1 Å². The fourth-order valence-corrected chi connectivity index (χ4v) is 3.39. The lowest BCUT2D eigenvalue weighted by Crippen LogP contribution is -2.11. The number of carbonyl (C=O) groups excluding carboxylic acids is 1. The van der Waals surface area contributed by atoms with Crippen LogP contribution in [-0.4, -0.2) is 41.0 Å². The number of imidazole rings is 1. The van der Waals surface area contributed by atoms with Gasteiger partial charge in [-0.25, -0.2) is 15.0 Å². The van der Waals surface area contributed by atoms with Crippen LogP contribution in [0.25, 0.3) is 45.0 Å². The minimum atomic E-state index is -0.0140. The number of aromatic nitrogens is 7. The van der Waals surface area contributed by atoms with Gasteiger partial charge in [-0.2, -0.15) is 5.10 Å². The number of amides is 1. The topological polar surface area (TPSA) is 125 Å². The number of hydrogen-bond acceptors (Lipinski definition) is 6. The highest BCUT2D eigenvalue weighted by Gasteiger charge is 2.15. The number of hydrogen-bond donors (Lipinski definition) is 3. The first kappa shape index (κ1) is 18.9. The molecule has 0 fully saturated rings. The molecule has 1 amide bonds. The van der Waals surface area contributed by atoms with E-state index in [1.807, 2.05) is 30.3 Å². The van der Waals surface area contributed by atoms with E-state index < -0.39 is 0 Å². The van der Waals surface area contributed by atoms with Gasteiger partial charge in [0.15, 0.2) is 17.2 Å². The first-order valence-corrected chi connectivity index (χ1v) is 10.1. The predicted molar refractivity (Wildman–Crippen MR) is 118 cm³/mol. The molecule has 0 aliphatic heterocycles. The summed E-state index contributed by atoms with van der Waals surface area (Å²) in [6.07, 6.45) is 7.40. The number of H-pyrrole nitrogens is 2. The number of anilines is 1. The van der Waals surface area contributed by atoms with Crippen LogP contribution in [0.3, 0.4) is 0 Å². The maximum Gasteiger partial charge on any atom is 0.224 e. The summed E-state index contributed by atoms with van der Waals surface area (Å²) in [6, 6.07) is 9.41. The molecule has 31 heavy (non-hydrogen) atoms. The van der Waals surface area contributed by atoms with E-state index in [-0.39, 0.29) is 5.91 Å². The van der Waals surface area contributed by atoms with E-state index in [0.29, 0.717) is 34.8 Å². The minimum Gasteiger partial charge on any atom is -0.325 e. The van der Waals surface area contributed by atoms with Crippen molar-refractivity contribution in [2.45, 2.75) is 26.2 Å². The van der Waals surface area contributed by atoms with Gasteiger partial charge < -0.3 is 10.3 Å². The molecule has 0 saturated carbocycles. The average Bonchev–Trinajstić information content (AvgIpc) is 3.41. The standard InChI is InChI=1S/C22H20N8O/c1-2-3-6-18(31)25-14-10-13(11-23-12-14)15-7-8-16-19(26-15)20(30-29-16)22-27-17-5-4-9-24-21(17)28-22/h4-5,7-12H,2-3,6H2,1H3,(H,25,31)(H,29,30)(H,24,27,28). The number of rotatable bonds is 6. The Morgan fingerprint density at radius 3 is 2.97 bits per heavy atom. The van der Waals surface area contributed by atoms with E-state index in [2.05, 4.69) is 42.4 Å². The number of carbonyl (C=O) groups is 1. The number of pyridine rings is 3. The van der Waals surface area contributed by atoms with Crippen LogP contribution in [0.2, 0.25) is 0 Å². The molecule has 0 saturated heterocycles. The van der Waals surface area contributed by atoms with Crippen LogP contribution in [0, 0.1) is 0 Å². The minimum absolute atomic E-state index is 0.0140. The average molecular weight is 412 g/mol. The van der Waals surface area contributed by atoms with Crippen molar-refractivity contribution in [3.63, 3.8) is 0 Å². The second-order valence-electron chi connectivity index (χ2n) is 7.24. The summed E-state index contributed by atoms with van der Waals surface area (Å²) in [4.78, 5) is 33.2. The zero-order chi connectivity index (χ0) is 21.2. The van der Waals surface area contributed by atoms with Crippen LogP contribution in [0.4, 0.5) is 5.69 Å². The third-order valence-electron chi connectivity index (χ3n) is 4.96. The van der Waals surface area contributed by atoms with Crippen LogP contribution in [-0.2, 0) is 4.79 Å². The van der Waals surface area contributed by atoms with Crippen molar-refractivity contribution in [2.75, 3.05) is 5.32 Å². The largest absolute Gasteiger partial charge is 0.325 e. The van der Waals surface area contributed by atoms with Crippen LogP contribution in [0.5, 0.6) is 0 Å². The third-order valence-corrected chi connectivity index (χ3v) is 4.96. The first-order valence-electron chi connectivity index (χ1n) is 10.1. The quantitative estimate of drug-likeness (QED) is 0.386. The molecule has 0 aromatic carbocycles. The van der Waals surface area contributed by atoms with Gasteiger partial charge in [-0.3, -0.25) is 14.9 Å². The van der Waals surface area contributed by atoms with Crippen molar-refractivity contribution in [3.05, 3.63) is 48.9 Å². The highest BCUT2D eigenvalue weighted by Crippen LogP contribution is 2.27. The summed E-state index contributed by atoms with van der Waals surface area (Å²) in [6.45, 7) is 2.06. The van der Waals surface area contributed by atoms with Gasteiger partial charge in [0.25, 0.3) is 0 Å². The van der Waals surface area contributed by atoms with Gasteiger partial charge >= 0.3 is 0 Å². The van der Waals surface area contributed by atoms with Gasteiger partial charge in [0.1, 0.15) is 11.0 Å². The lowest BCUT2D eigenvalue weighted by molar-refractivity contribution is -0.116. The van der Waals surface area contributed by atoms with Crippen molar-refractivity contribution < 1.29 is 4.79 Å². The molecule has 0 radical (unpaired) electrons. The monoisotopic (exact) mass is 412 g/mol. The molecule has 0 atom stereocenters. The third kappa shape index (κ3) is 3.73. The molecule has 154 valence electrons. The number of aromatic amines is 2. The molecule has 0 bridgehead atoms. The van der Waals surface area contributed by atoms with Crippen molar-refractivity contribution in [1.82, 2.24) is 35.1 Å². The van der Waals surface area contributed by atoms with Crippen LogP contribution in [0.1, 0.15) is 26.2 Å². The highest BCUT2D eigenvalue weighted by molar-refractivity contribution is 5.92. The molecule has 5 heterocycles. The molecule has 0 spiro atoms. The molecule has 5 rings (SSSR count). The Labute approximate surface area is 177 Å². The number of nitrogens with one attached hydrogen (secondary N) is 3. The van der Waals surface area contributed by atoms with Crippen molar-refractivity contribution in [3.8, 4) is 22.8 Å². The van der Waals surface area contributed by atoms with Crippen LogP contribution >= 0.6 is 0 Å². The van der Waals surface area contributed by atoms with E-state index in [4.69, 9.17) is 4.98 Å². The van der Waals surface area contributed by atoms with Gasteiger partial charge in [0, 0.05) is 24.4 Å². The van der Waals surface area contributed by atoms with Crippen LogP contribution < -0.4 is 5.32 Å². The van der Waals surface area contributed by atoms with E-state index >= 15 is 0 Å². The van der Waals surface area contributed by atoms with Crippen molar-refractivity contribution in [2.24, 2.45) is 0 Å². The van der Waals surface area contributed by atoms with E-state index in [0.717, 1.165) is 35.1 Å². The molecule has 0 aliphatic rings. The summed E-state index contributed by atoms with van der Waals surface area (Å²) in [5.41, 5.74) is 5.73. The number of unbranched alkanes of at least 4 members (excludes halogenated alkanes) is 1. The van der Waals surface area contributed by atoms with E-state index in [9.17, 15) is 4.79 Å². The van der Waals surface area contributed by atoms with Gasteiger partial charge in [0.2, 0.25) is 5.91 Å². The number of nitrogens with zero attached hydrogens (tertiary/aromatic N) is 5. The van der Waals surface area contributed by atoms with E-state index in [1.54, 1.807) is 18.6 Å². The Morgan fingerprint density at radius 2 is 2.10 bits per heavy atom. The zero-order valence-electron chi connectivity index (χ0n) is 16.9. The Hall–Kier alpha value is -4.14. The molecule has 9 nitrogen and oxygen atoms in total. The smallest absolute Gasteiger partial charge is 0.224 e. The summed E-state index contributed by atoms with van der Waals surface area (Å²) in [7, 11) is 0. The Morgan fingerprint density at radius 1 is 1.16 bits per heavy atom. The molecule has 5 aromatic heterocycles. The van der Waals surface area contributed by atoms with Gasteiger partial charge in [-0.05, 0) is 36.8 Å². The fraction of sp³-hybridized carbons (Fsp3) is 0.182. The van der Waals surface area contributed by atoms with Crippen molar-refractivity contribution in [1.29, 1.82) is 0 Å². The maximum atomic E-state index is 12.1. The highest BCUT2D eigenvalue weighted by atomic mass is 16.1. The zero-order valence-corrected chi connectivity index (χ0v) is 16.9. The summed E-state index contributed by atoms with van der Waals surface area (Å²) in [5, 5.41) is 10.3. The molecular weight excluding hydrogens is 392 g/mol. The molecule has 0 aliphatic carbocycles. The predicted octanol–water partition coefficient (Wildman–Crippen LogP) is 4.09. The van der Waals surface area contributed by atoms with Crippen molar-refractivity contribution >= 4 is 33.8 Å². The SMILES string of the molecule is CCCCC(=O)Nc1cncc(-c2ccc3[nH]nc(-c4nc5cccnc5[nH]4)c3n2)c1. The lowest BCUT2D eigenvalue weighted by Gasteiger charge is -2.07. The summed E-state index contributed by atoms with van der Waals surface area (Å²) < 4.78 is 0. The fourth-order valence-electron chi connectivity index (χ4n) is 3.39. The van der Waals surface area contributed by atoms with Crippen LogP contribution in [0.15, 0.2) is 48.9 Å². The number of fused-ring (bicyclic) bond motifs is 2. The second kappa shape index (κ2) is 7.94. The summed E-state index contributed by atoms with van der Waals surface area (Å²) in [5.74, 6) is 0.583. The normalized spacial score (nSPS) is 11.3. The molecule has 5 aromatic rings. The lowest BCUT2D eigenvalue weighted by atomic mass is 10.1. The first-order chi connectivity index (χ1) is 15.2. The maximum absolute atomic E-state index is 12.1. The Kier molecular flexibility index (Phi) is 4.83. The Bertz CT molecular complexity index is 1350. The van der Waals surface area contributed by atoms with Gasteiger partial charge in [-0.1, -0.05) is 13.3 Å². The molecule has 0 unspecified atom stereocenters. The Balaban J connectivity index is 1.49. The molecule has 9 heteroatoms. The summed E-state index contributed by atoms with van der Waals surface area (Å²) >= 11 is 0. The molecular formula is C22H20N8O. The van der Waals surface area contributed by atoms with Gasteiger partial charge in [-0.15, -0.1) is 0 Å². The molecule has 3 N–H and O–H groups in total. The van der Waals surface area contributed by atoms with E-state index in [1.165, 1.54) is 0 Å². The second-order valence-corrected chi connectivity index (χ2v) is 7.24.